The second-order valence-corrected chi connectivity index (χ2v) is 5.26. The Morgan fingerprint density at radius 1 is 1.30 bits per heavy atom. The maximum absolute atomic E-state index is 12.1. The van der Waals surface area contributed by atoms with E-state index in [9.17, 15) is 4.79 Å². The van der Waals surface area contributed by atoms with E-state index in [-0.39, 0.29) is 5.56 Å². The Balaban J connectivity index is 2.31. The van der Waals surface area contributed by atoms with Crippen molar-refractivity contribution in [3.63, 3.8) is 0 Å². The zero-order valence-electron chi connectivity index (χ0n) is 10.7. The van der Waals surface area contributed by atoms with Crippen LogP contribution in [0.1, 0.15) is 12.5 Å². The van der Waals surface area contributed by atoms with Crippen LogP contribution in [0.25, 0.3) is 16.9 Å². The molecular weight excluding hydrogens is 297 g/mol. The molecule has 102 valence electrons. The number of fused-ring (bicyclic) bond motifs is 1. The largest absolute Gasteiger partial charge is 0.297 e. The summed E-state index contributed by atoms with van der Waals surface area (Å²) in [6.45, 7) is 2.01. The minimum atomic E-state index is -0.180. The van der Waals surface area contributed by atoms with E-state index in [1.807, 2.05) is 6.92 Å². The summed E-state index contributed by atoms with van der Waals surface area (Å²) in [6.07, 6.45) is 2.57. The van der Waals surface area contributed by atoms with Gasteiger partial charge in [0.2, 0.25) is 0 Å². The molecule has 0 aliphatic heterocycles. The predicted octanol–water partition coefficient (Wildman–Crippen LogP) is 3.56. The zero-order valence-corrected chi connectivity index (χ0v) is 12.2. The highest BCUT2D eigenvalue weighted by Gasteiger charge is 2.11. The first-order chi connectivity index (χ1) is 9.60. The Morgan fingerprint density at radius 2 is 2.10 bits per heavy atom. The number of aromatic nitrogens is 3. The number of benzene rings is 1. The summed E-state index contributed by atoms with van der Waals surface area (Å²) in [5.74, 6) is 0. The second kappa shape index (κ2) is 4.96. The van der Waals surface area contributed by atoms with Crippen molar-refractivity contribution >= 4 is 28.8 Å². The van der Waals surface area contributed by atoms with Crippen LogP contribution >= 0.6 is 23.2 Å². The first-order valence-corrected chi connectivity index (χ1v) is 6.91. The Bertz CT molecular complexity index is 851. The minimum Gasteiger partial charge on any atom is -0.297 e. The lowest BCUT2D eigenvalue weighted by molar-refractivity contribution is 0.901. The molecule has 3 rings (SSSR count). The minimum absolute atomic E-state index is 0.180. The maximum atomic E-state index is 12.1. The Hall–Kier alpha value is -1.78. The predicted molar refractivity (Wildman–Crippen MR) is 80.6 cm³/mol. The Labute approximate surface area is 125 Å². The van der Waals surface area contributed by atoms with Crippen LogP contribution in [0.4, 0.5) is 0 Å². The second-order valence-electron chi connectivity index (χ2n) is 4.42. The lowest BCUT2D eigenvalue weighted by Crippen LogP contribution is -2.14. The monoisotopic (exact) mass is 307 g/mol. The molecule has 0 aliphatic carbocycles. The van der Waals surface area contributed by atoms with Crippen molar-refractivity contribution in [3.05, 3.63) is 56.4 Å². The average molecular weight is 308 g/mol. The van der Waals surface area contributed by atoms with Gasteiger partial charge in [0, 0.05) is 28.4 Å². The molecule has 0 amide bonds. The van der Waals surface area contributed by atoms with E-state index in [1.54, 1.807) is 24.4 Å². The van der Waals surface area contributed by atoms with Crippen molar-refractivity contribution in [2.45, 2.75) is 13.3 Å². The van der Waals surface area contributed by atoms with Gasteiger partial charge in [-0.3, -0.25) is 9.89 Å². The average Bonchev–Trinajstić information content (AvgIpc) is 2.85. The lowest BCUT2D eigenvalue weighted by atomic mass is 10.1. The number of rotatable bonds is 2. The summed E-state index contributed by atoms with van der Waals surface area (Å²) in [7, 11) is 0. The van der Waals surface area contributed by atoms with Crippen molar-refractivity contribution in [1.82, 2.24) is 14.6 Å². The van der Waals surface area contributed by atoms with E-state index < -0.39 is 0 Å². The van der Waals surface area contributed by atoms with Gasteiger partial charge < -0.3 is 0 Å². The number of hydrogen-bond acceptors (Lipinski definition) is 2. The fourth-order valence-corrected chi connectivity index (χ4v) is 2.51. The molecule has 0 radical (unpaired) electrons. The molecule has 20 heavy (non-hydrogen) atoms. The van der Waals surface area contributed by atoms with Gasteiger partial charge in [-0.15, -0.1) is 0 Å². The number of nitrogens with one attached hydrogen (secondary N) is 1. The normalized spacial score (nSPS) is 11.2. The molecule has 2 aromatic heterocycles. The van der Waals surface area contributed by atoms with E-state index in [2.05, 4.69) is 10.1 Å². The van der Waals surface area contributed by atoms with Gasteiger partial charge in [-0.2, -0.15) is 0 Å². The van der Waals surface area contributed by atoms with Gasteiger partial charge in [-0.25, -0.2) is 9.50 Å². The van der Waals surface area contributed by atoms with Crippen molar-refractivity contribution in [2.24, 2.45) is 0 Å². The van der Waals surface area contributed by atoms with Crippen LogP contribution in [0.15, 0.2) is 35.3 Å². The molecule has 3 aromatic rings. The molecule has 4 nitrogen and oxygen atoms in total. The number of aromatic amines is 1. The summed E-state index contributed by atoms with van der Waals surface area (Å²) in [6, 6.07) is 6.55. The van der Waals surface area contributed by atoms with Gasteiger partial charge in [0.05, 0.1) is 10.7 Å². The molecule has 0 spiro atoms. The number of hydrogen-bond donors (Lipinski definition) is 1. The lowest BCUT2D eigenvalue weighted by Gasteiger charge is -2.05. The molecule has 1 aromatic carbocycles. The van der Waals surface area contributed by atoms with Crippen LogP contribution in [-0.4, -0.2) is 14.6 Å². The third-order valence-electron chi connectivity index (χ3n) is 3.16. The van der Waals surface area contributed by atoms with Gasteiger partial charge in [-0.05, 0) is 24.6 Å². The number of nitrogens with zero attached hydrogens (tertiary/aromatic N) is 2. The van der Waals surface area contributed by atoms with E-state index in [0.29, 0.717) is 26.9 Å². The van der Waals surface area contributed by atoms with Crippen molar-refractivity contribution in [3.8, 4) is 11.3 Å². The molecule has 1 N–H and O–H groups in total. The van der Waals surface area contributed by atoms with Gasteiger partial charge in [-0.1, -0.05) is 30.1 Å². The van der Waals surface area contributed by atoms with E-state index in [0.717, 1.165) is 12.0 Å². The van der Waals surface area contributed by atoms with Crippen LogP contribution in [-0.2, 0) is 6.42 Å². The van der Waals surface area contributed by atoms with Gasteiger partial charge in [0.15, 0.2) is 5.65 Å². The summed E-state index contributed by atoms with van der Waals surface area (Å²) in [5, 5.41) is 3.96. The van der Waals surface area contributed by atoms with Crippen LogP contribution in [0.5, 0.6) is 0 Å². The zero-order chi connectivity index (χ0) is 14.3. The first-order valence-electron chi connectivity index (χ1n) is 6.15. The molecule has 0 atom stereocenters. The van der Waals surface area contributed by atoms with E-state index in [1.165, 1.54) is 10.6 Å². The summed E-state index contributed by atoms with van der Waals surface area (Å²) in [5.41, 5.74) is 2.59. The quantitative estimate of drug-likeness (QED) is 0.787. The highest BCUT2D eigenvalue weighted by atomic mass is 35.5. The van der Waals surface area contributed by atoms with Gasteiger partial charge in [0.1, 0.15) is 0 Å². The summed E-state index contributed by atoms with van der Waals surface area (Å²) < 4.78 is 1.42. The number of H-pyrrole nitrogens is 1. The third kappa shape index (κ3) is 2.11. The van der Waals surface area contributed by atoms with Crippen molar-refractivity contribution in [2.75, 3.05) is 0 Å². The van der Waals surface area contributed by atoms with Crippen molar-refractivity contribution < 1.29 is 0 Å². The van der Waals surface area contributed by atoms with Crippen LogP contribution < -0.4 is 5.56 Å². The van der Waals surface area contributed by atoms with Crippen LogP contribution in [0, 0.1) is 0 Å². The maximum Gasteiger partial charge on any atom is 0.273 e. The van der Waals surface area contributed by atoms with Crippen LogP contribution in [0.3, 0.4) is 0 Å². The van der Waals surface area contributed by atoms with E-state index >= 15 is 0 Å². The van der Waals surface area contributed by atoms with Crippen molar-refractivity contribution in [1.29, 1.82) is 0 Å². The highest BCUT2D eigenvalue weighted by molar-refractivity contribution is 6.35. The topological polar surface area (TPSA) is 50.2 Å². The van der Waals surface area contributed by atoms with Gasteiger partial charge in [0.25, 0.3) is 5.56 Å². The third-order valence-corrected chi connectivity index (χ3v) is 3.72. The molecule has 0 saturated carbocycles. The first kappa shape index (κ1) is 13.2. The fourth-order valence-electron chi connectivity index (χ4n) is 2.12. The molecule has 0 aliphatic rings. The summed E-state index contributed by atoms with van der Waals surface area (Å²) in [4.78, 5) is 16.6. The SMILES string of the molecule is CCc1c[nH]n2c(=O)cc(-c3cc(Cl)ccc3Cl)nc12. The molecule has 0 fully saturated rings. The standard InChI is InChI=1S/C14H11Cl2N3O/c1-2-8-7-17-19-13(20)6-12(18-14(8)19)10-5-9(15)3-4-11(10)16/h3-7,17H,2H2,1H3. The highest BCUT2D eigenvalue weighted by Crippen LogP contribution is 2.29. The molecule has 0 saturated heterocycles. The van der Waals surface area contributed by atoms with E-state index in [4.69, 9.17) is 23.2 Å². The van der Waals surface area contributed by atoms with Crippen LogP contribution in [0.2, 0.25) is 10.0 Å². The smallest absolute Gasteiger partial charge is 0.273 e. The molecule has 2 heterocycles. The Kier molecular flexibility index (Phi) is 3.28. The number of halogens is 2. The fraction of sp³-hybridized carbons (Fsp3) is 0.143. The molecule has 6 heteroatoms. The molecule has 0 bridgehead atoms. The molecule has 0 unspecified atom stereocenters. The Morgan fingerprint density at radius 3 is 2.85 bits per heavy atom. The number of aryl methyl sites for hydroxylation is 1. The summed E-state index contributed by atoms with van der Waals surface area (Å²) >= 11 is 12.2. The van der Waals surface area contributed by atoms with Gasteiger partial charge >= 0.3 is 0 Å². The molecular formula is C14H11Cl2N3O.